The Morgan fingerprint density at radius 2 is 0.940 bits per heavy atom. The van der Waals surface area contributed by atoms with Crippen LogP contribution in [0, 0.1) is 11.8 Å². The molecule has 10 heteroatoms. The van der Waals surface area contributed by atoms with Crippen molar-refractivity contribution in [1.82, 2.24) is 9.80 Å². The van der Waals surface area contributed by atoms with E-state index in [1.165, 1.54) is 108 Å². The van der Waals surface area contributed by atoms with Crippen molar-refractivity contribution in [2.45, 2.75) is 213 Å². The molecule has 2 saturated heterocycles. The predicted octanol–water partition coefficient (Wildman–Crippen LogP) is 15.3. The molecule has 2 aliphatic heterocycles. The number of hydrogen-bond donors (Lipinski definition) is 0. The van der Waals surface area contributed by atoms with Crippen LogP contribution in [-0.4, -0.2) is 105 Å². The van der Waals surface area contributed by atoms with Gasteiger partial charge >= 0.3 is 11.9 Å². The quantitative estimate of drug-likeness (QED) is 0.0194. The highest BCUT2D eigenvalue weighted by molar-refractivity contribution is 8.76. The van der Waals surface area contributed by atoms with Crippen LogP contribution >= 0.6 is 21.6 Å². The summed E-state index contributed by atoms with van der Waals surface area (Å²) in [5, 5.41) is 0. The molecule has 0 atom stereocenters. The monoisotopic (exact) mass is 975 g/mol. The molecule has 0 aromatic rings. The summed E-state index contributed by atoms with van der Waals surface area (Å²) in [6.45, 7) is 16.1. The van der Waals surface area contributed by atoms with Gasteiger partial charge in [0.05, 0.1) is 13.2 Å². The van der Waals surface area contributed by atoms with E-state index < -0.39 is 0 Å². The second-order valence-electron chi connectivity index (χ2n) is 19.0. The van der Waals surface area contributed by atoms with E-state index in [9.17, 15) is 9.59 Å². The van der Waals surface area contributed by atoms with Gasteiger partial charge in [0.2, 0.25) is 0 Å². The number of nitrogens with zero attached hydrogens (tertiary/aromatic N) is 2. The molecule has 0 radical (unpaired) electrons. The van der Waals surface area contributed by atoms with Crippen molar-refractivity contribution in [3.63, 3.8) is 0 Å². The highest BCUT2D eigenvalue weighted by atomic mass is 33.1. The fourth-order valence-electron chi connectivity index (χ4n) is 8.71. The maximum absolute atomic E-state index is 12.6. The fourth-order valence-corrected chi connectivity index (χ4v) is 10.8. The van der Waals surface area contributed by atoms with Gasteiger partial charge in [-0.3, -0.25) is 9.59 Å². The van der Waals surface area contributed by atoms with E-state index >= 15 is 0 Å². The van der Waals surface area contributed by atoms with Crippen molar-refractivity contribution >= 4 is 33.5 Å². The maximum Gasteiger partial charge on any atom is 0.305 e. The average molecular weight is 976 g/mol. The van der Waals surface area contributed by atoms with Gasteiger partial charge < -0.3 is 28.7 Å². The molecule has 67 heavy (non-hydrogen) atoms. The van der Waals surface area contributed by atoms with Gasteiger partial charge in [0.15, 0.2) is 6.29 Å². The summed E-state index contributed by atoms with van der Waals surface area (Å²) in [6.07, 6.45) is 49.1. The SMILES string of the molecule is CC/C=C\CCCCOC(CCCC(=O)OCCC1CCN(CCSSCCN2CCC(CCOC(=O)CCCCCCC/C=C\C/C=C\CCCCC)CC2)CC1)OCCCC/C=C\CC. The number of unbranched alkanes of at least 4 members (excludes halogenated alkanes) is 12. The molecule has 0 unspecified atom stereocenters. The van der Waals surface area contributed by atoms with Gasteiger partial charge in [-0.15, -0.1) is 0 Å². The van der Waals surface area contributed by atoms with Crippen LogP contribution in [0.2, 0.25) is 0 Å². The molecule has 0 aliphatic carbocycles. The second-order valence-corrected chi connectivity index (χ2v) is 21.7. The van der Waals surface area contributed by atoms with Crippen molar-refractivity contribution in [3.05, 3.63) is 48.6 Å². The van der Waals surface area contributed by atoms with Crippen LogP contribution in [0.1, 0.15) is 207 Å². The van der Waals surface area contributed by atoms with Gasteiger partial charge in [-0.25, -0.2) is 0 Å². The predicted molar refractivity (Wildman–Crippen MR) is 290 cm³/mol. The van der Waals surface area contributed by atoms with Gasteiger partial charge in [0.1, 0.15) is 0 Å². The summed E-state index contributed by atoms with van der Waals surface area (Å²) in [7, 11) is 4.05. The first-order valence-electron chi connectivity index (χ1n) is 27.9. The lowest BCUT2D eigenvalue weighted by atomic mass is 9.94. The molecule has 0 spiro atoms. The van der Waals surface area contributed by atoms with Gasteiger partial charge in [-0.1, -0.05) is 123 Å². The first-order chi connectivity index (χ1) is 33.0. The van der Waals surface area contributed by atoms with Gasteiger partial charge in [0, 0.05) is 50.7 Å². The Kier molecular flexibility index (Phi) is 43.0. The second kappa shape index (κ2) is 46.8. The molecule has 8 nitrogen and oxygen atoms in total. The first-order valence-corrected chi connectivity index (χ1v) is 30.4. The van der Waals surface area contributed by atoms with Gasteiger partial charge in [-0.2, -0.15) is 0 Å². The van der Waals surface area contributed by atoms with Gasteiger partial charge in [0.25, 0.3) is 0 Å². The molecule has 0 aromatic carbocycles. The van der Waals surface area contributed by atoms with E-state index in [2.05, 4.69) is 79.2 Å². The number of carbonyl (C=O) groups is 2. The highest BCUT2D eigenvalue weighted by Crippen LogP contribution is 2.26. The number of esters is 2. The minimum absolute atomic E-state index is 0.00452. The van der Waals surface area contributed by atoms with Crippen molar-refractivity contribution < 1.29 is 28.5 Å². The van der Waals surface area contributed by atoms with Crippen LogP contribution in [-0.2, 0) is 28.5 Å². The number of carbonyl (C=O) groups excluding carboxylic acids is 2. The van der Waals surface area contributed by atoms with Crippen LogP contribution in [0.4, 0.5) is 0 Å². The van der Waals surface area contributed by atoms with Crippen molar-refractivity contribution in [3.8, 4) is 0 Å². The van der Waals surface area contributed by atoms with E-state index in [0.29, 0.717) is 51.1 Å². The molecular formula is C57H102N2O6S2. The summed E-state index contributed by atoms with van der Waals surface area (Å²) >= 11 is 0. The van der Waals surface area contributed by atoms with Gasteiger partial charge in [-0.05, 0) is 179 Å². The minimum Gasteiger partial charge on any atom is -0.466 e. The average Bonchev–Trinajstić information content (AvgIpc) is 3.34. The zero-order chi connectivity index (χ0) is 47.9. The Morgan fingerprint density at radius 1 is 0.507 bits per heavy atom. The molecular weight excluding hydrogens is 873 g/mol. The molecule has 0 N–H and O–H groups in total. The zero-order valence-corrected chi connectivity index (χ0v) is 45.1. The lowest BCUT2D eigenvalue weighted by Gasteiger charge is -2.32. The molecule has 0 bridgehead atoms. The Hall–Kier alpha value is -1.56. The largest absolute Gasteiger partial charge is 0.466 e. The van der Waals surface area contributed by atoms with Crippen molar-refractivity contribution in [2.24, 2.45) is 11.8 Å². The Labute approximate surface area is 420 Å². The van der Waals surface area contributed by atoms with E-state index in [1.54, 1.807) is 0 Å². The number of likely N-dealkylation sites (tertiary alicyclic amines) is 2. The Balaban J connectivity index is 1.39. The maximum atomic E-state index is 12.6. The molecule has 0 aromatic heterocycles. The van der Waals surface area contributed by atoms with Crippen LogP contribution < -0.4 is 0 Å². The van der Waals surface area contributed by atoms with Crippen LogP contribution in [0.15, 0.2) is 48.6 Å². The first kappa shape index (κ1) is 61.6. The summed E-state index contributed by atoms with van der Waals surface area (Å²) in [5.74, 6) is 3.60. The van der Waals surface area contributed by atoms with Crippen LogP contribution in [0.3, 0.4) is 0 Å². The number of ether oxygens (including phenoxy) is 4. The van der Waals surface area contributed by atoms with Crippen LogP contribution in [0.5, 0.6) is 0 Å². The number of hydrogen-bond acceptors (Lipinski definition) is 10. The normalized spacial score (nSPS) is 16.0. The minimum atomic E-state index is -0.241. The third-order valence-electron chi connectivity index (χ3n) is 13.2. The molecule has 2 aliphatic rings. The lowest BCUT2D eigenvalue weighted by Crippen LogP contribution is -2.36. The summed E-state index contributed by atoms with van der Waals surface area (Å²) in [4.78, 5) is 30.1. The van der Waals surface area contributed by atoms with E-state index in [0.717, 1.165) is 116 Å². The number of allylic oxidation sites excluding steroid dienone is 8. The third-order valence-corrected chi connectivity index (χ3v) is 15.5. The lowest BCUT2D eigenvalue weighted by molar-refractivity contribution is -0.152. The number of piperidine rings is 2. The highest BCUT2D eigenvalue weighted by Gasteiger charge is 2.21. The molecule has 2 fully saturated rings. The molecule has 2 heterocycles. The third kappa shape index (κ3) is 38.8. The molecule has 2 rings (SSSR count). The zero-order valence-electron chi connectivity index (χ0n) is 43.5. The molecule has 388 valence electrons. The van der Waals surface area contributed by atoms with E-state index in [4.69, 9.17) is 18.9 Å². The smallest absolute Gasteiger partial charge is 0.305 e. The standard InChI is InChI=1S/C57H102N2O6S2/c1-4-7-10-13-16-17-18-19-20-21-22-23-24-25-28-32-55(60)62-49-39-53-35-41-58(42-36-53)45-51-66-67-52-46-59-43-37-54(38-44-59)40-50-63-56(61)33-31-34-57(64-47-29-26-14-11-8-5-2)65-48-30-27-15-12-9-6-3/h8-9,11-12,16-17,19-20,53-54,57H,4-7,10,13-15,18,21-52H2,1-3H3/b11-8-,12-9-,17-16-,20-19-. The summed E-state index contributed by atoms with van der Waals surface area (Å²) < 4.78 is 23.5. The van der Waals surface area contributed by atoms with Crippen molar-refractivity contribution in [1.29, 1.82) is 0 Å². The summed E-state index contributed by atoms with van der Waals surface area (Å²) in [6, 6.07) is 0. The molecule has 0 amide bonds. The Bertz CT molecular complexity index is 1220. The summed E-state index contributed by atoms with van der Waals surface area (Å²) in [5.41, 5.74) is 0. The molecule has 0 saturated carbocycles. The number of rotatable bonds is 45. The van der Waals surface area contributed by atoms with Crippen LogP contribution in [0.25, 0.3) is 0 Å². The topological polar surface area (TPSA) is 77.5 Å². The van der Waals surface area contributed by atoms with Crippen molar-refractivity contribution in [2.75, 3.05) is 77.2 Å². The van der Waals surface area contributed by atoms with E-state index in [-0.39, 0.29) is 18.2 Å². The Morgan fingerprint density at radius 3 is 1.43 bits per heavy atom. The fraction of sp³-hybridized carbons (Fsp3) is 0.825. The van der Waals surface area contributed by atoms with E-state index in [1.807, 2.05) is 21.6 Å².